The van der Waals surface area contributed by atoms with Crippen LogP contribution in [-0.4, -0.2) is 15.0 Å². The van der Waals surface area contributed by atoms with Crippen LogP contribution in [0.25, 0.3) is 0 Å². The zero-order chi connectivity index (χ0) is 12.5. The molecule has 0 N–H and O–H groups in total. The Balaban J connectivity index is 2.17. The summed E-state index contributed by atoms with van der Waals surface area (Å²) in [6.07, 6.45) is 2.33. The lowest BCUT2D eigenvalue weighted by molar-refractivity contribution is 0.571. The molecule has 5 heteroatoms. The predicted molar refractivity (Wildman–Crippen MR) is 73.4 cm³/mol. The highest BCUT2D eigenvalue weighted by Crippen LogP contribution is 2.24. The van der Waals surface area contributed by atoms with Crippen molar-refractivity contribution in [3.05, 3.63) is 38.8 Å². The third-order valence-electron chi connectivity index (χ3n) is 2.34. The number of rotatable bonds is 2. The van der Waals surface area contributed by atoms with E-state index in [4.69, 9.17) is 0 Å². The second kappa shape index (κ2) is 4.82. The van der Waals surface area contributed by atoms with E-state index < -0.39 is 0 Å². The van der Waals surface area contributed by atoms with Crippen LogP contribution in [0.15, 0.2) is 22.4 Å². The predicted octanol–water partition coefficient (Wildman–Crippen LogP) is 3.58. The molecule has 0 amide bonds. The third-order valence-corrected chi connectivity index (χ3v) is 3.63. The SMILES string of the molecule is CC(C)(C)c1csc(Cc2cc(Br)ncn2)n1. The molecule has 0 aromatic carbocycles. The fraction of sp³-hybridized carbons (Fsp3) is 0.417. The fourth-order valence-corrected chi connectivity index (χ4v) is 2.75. The van der Waals surface area contributed by atoms with E-state index in [9.17, 15) is 0 Å². The molecule has 2 rings (SSSR count). The molecule has 0 unspecified atom stereocenters. The van der Waals surface area contributed by atoms with Gasteiger partial charge in [-0.1, -0.05) is 20.8 Å². The van der Waals surface area contributed by atoms with E-state index in [0.717, 1.165) is 27.4 Å². The zero-order valence-electron chi connectivity index (χ0n) is 10.1. The molecule has 2 aromatic rings. The van der Waals surface area contributed by atoms with Crippen LogP contribution in [0.3, 0.4) is 0 Å². The van der Waals surface area contributed by atoms with Gasteiger partial charge in [-0.3, -0.25) is 0 Å². The van der Waals surface area contributed by atoms with Gasteiger partial charge in [0.2, 0.25) is 0 Å². The smallest absolute Gasteiger partial charge is 0.116 e. The van der Waals surface area contributed by atoms with Gasteiger partial charge in [0.25, 0.3) is 0 Å². The van der Waals surface area contributed by atoms with Crippen molar-refractivity contribution >= 4 is 27.3 Å². The minimum absolute atomic E-state index is 0.112. The van der Waals surface area contributed by atoms with E-state index in [1.165, 1.54) is 0 Å². The number of hydrogen-bond acceptors (Lipinski definition) is 4. The Labute approximate surface area is 113 Å². The molecule has 0 atom stereocenters. The van der Waals surface area contributed by atoms with Gasteiger partial charge in [-0.05, 0) is 22.0 Å². The molecule has 0 saturated carbocycles. The van der Waals surface area contributed by atoms with E-state index in [-0.39, 0.29) is 5.41 Å². The lowest BCUT2D eigenvalue weighted by Crippen LogP contribution is -2.11. The highest BCUT2D eigenvalue weighted by Gasteiger charge is 2.17. The topological polar surface area (TPSA) is 38.7 Å². The fourth-order valence-electron chi connectivity index (χ4n) is 1.36. The molecule has 17 heavy (non-hydrogen) atoms. The number of aromatic nitrogens is 3. The first-order valence-electron chi connectivity index (χ1n) is 5.36. The summed E-state index contributed by atoms with van der Waals surface area (Å²) in [5.41, 5.74) is 2.24. The lowest BCUT2D eigenvalue weighted by atomic mass is 9.93. The number of nitrogens with zero attached hydrogens (tertiary/aromatic N) is 3. The summed E-state index contributed by atoms with van der Waals surface area (Å²) in [5.74, 6) is 0. The van der Waals surface area contributed by atoms with E-state index in [1.807, 2.05) is 6.07 Å². The van der Waals surface area contributed by atoms with Crippen LogP contribution in [0.1, 0.15) is 37.2 Å². The summed E-state index contributed by atoms with van der Waals surface area (Å²) in [4.78, 5) is 12.9. The van der Waals surface area contributed by atoms with Crippen molar-refractivity contribution in [2.45, 2.75) is 32.6 Å². The number of halogens is 1. The first-order chi connectivity index (χ1) is 7.95. The summed E-state index contributed by atoms with van der Waals surface area (Å²) in [7, 11) is 0. The molecule has 2 aromatic heterocycles. The van der Waals surface area contributed by atoms with E-state index >= 15 is 0 Å². The summed E-state index contributed by atoms with van der Waals surface area (Å²) in [6.45, 7) is 6.52. The Kier molecular flexibility index (Phi) is 3.58. The van der Waals surface area contributed by atoms with Gasteiger partial charge in [-0.2, -0.15) is 0 Å². The summed E-state index contributed by atoms with van der Waals surface area (Å²) < 4.78 is 0.815. The molecule has 0 spiro atoms. The molecule has 0 fully saturated rings. The second-order valence-electron chi connectivity index (χ2n) is 4.89. The van der Waals surface area contributed by atoms with Crippen molar-refractivity contribution in [2.24, 2.45) is 0 Å². The van der Waals surface area contributed by atoms with Crippen LogP contribution in [0.5, 0.6) is 0 Å². The zero-order valence-corrected chi connectivity index (χ0v) is 12.5. The van der Waals surface area contributed by atoms with Gasteiger partial charge in [0.05, 0.1) is 16.4 Å². The maximum absolute atomic E-state index is 4.65. The summed E-state index contributed by atoms with van der Waals surface area (Å²) in [5, 5.41) is 3.23. The Morgan fingerprint density at radius 1 is 1.29 bits per heavy atom. The Morgan fingerprint density at radius 3 is 2.65 bits per heavy atom. The van der Waals surface area contributed by atoms with Crippen LogP contribution in [0.4, 0.5) is 0 Å². The van der Waals surface area contributed by atoms with Crippen molar-refractivity contribution in [2.75, 3.05) is 0 Å². The van der Waals surface area contributed by atoms with Crippen molar-refractivity contribution in [1.82, 2.24) is 15.0 Å². The molecule has 0 bridgehead atoms. The Morgan fingerprint density at radius 2 is 2.06 bits per heavy atom. The van der Waals surface area contributed by atoms with Crippen LogP contribution in [-0.2, 0) is 11.8 Å². The van der Waals surface area contributed by atoms with Crippen molar-refractivity contribution in [3.8, 4) is 0 Å². The van der Waals surface area contributed by atoms with Crippen LogP contribution < -0.4 is 0 Å². The highest BCUT2D eigenvalue weighted by atomic mass is 79.9. The Bertz CT molecular complexity index is 516. The van der Waals surface area contributed by atoms with Gasteiger partial charge in [0, 0.05) is 17.2 Å². The minimum Gasteiger partial charge on any atom is -0.245 e. The molecule has 0 aliphatic rings. The molecule has 0 aliphatic carbocycles. The van der Waals surface area contributed by atoms with Gasteiger partial charge >= 0.3 is 0 Å². The second-order valence-corrected chi connectivity index (χ2v) is 6.64. The highest BCUT2D eigenvalue weighted by molar-refractivity contribution is 9.10. The first-order valence-corrected chi connectivity index (χ1v) is 7.04. The van der Waals surface area contributed by atoms with Gasteiger partial charge in [0.1, 0.15) is 10.9 Å². The number of thiazole rings is 1. The molecule has 3 nitrogen and oxygen atoms in total. The monoisotopic (exact) mass is 311 g/mol. The first kappa shape index (κ1) is 12.6. The summed E-state index contributed by atoms with van der Waals surface area (Å²) >= 11 is 5.03. The molecular formula is C12H14BrN3S. The third kappa shape index (κ3) is 3.33. The molecule has 0 aliphatic heterocycles. The van der Waals surface area contributed by atoms with Crippen molar-refractivity contribution < 1.29 is 0 Å². The van der Waals surface area contributed by atoms with Gasteiger partial charge < -0.3 is 0 Å². The minimum atomic E-state index is 0.112. The number of hydrogen-bond donors (Lipinski definition) is 0. The van der Waals surface area contributed by atoms with E-state index in [2.05, 4.69) is 57.0 Å². The van der Waals surface area contributed by atoms with E-state index in [0.29, 0.717) is 0 Å². The van der Waals surface area contributed by atoms with Gasteiger partial charge in [-0.15, -0.1) is 11.3 Å². The maximum atomic E-state index is 4.65. The summed E-state index contributed by atoms with van der Waals surface area (Å²) in [6, 6.07) is 1.93. The largest absolute Gasteiger partial charge is 0.245 e. The van der Waals surface area contributed by atoms with Crippen molar-refractivity contribution in [3.63, 3.8) is 0 Å². The van der Waals surface area contributed by atoms with Crippen LogP contribution >= 0.6 is 27.3 Å². The molecule has 0 saturated heterocycles. The van der Waals surface area contributed by atoms with E-state index in [1.54, 1.807) is 17.7 Å². The molecule has 2 heterocycles. The van der Waals surface area contributed by atoms with Crippen molar-refractivity contribution in [1.29, 1.82) is 0 Å². The normalized spacial score (nSPS) is 11.8. The Hall–Kier alpha value is -0.810. The molecule has 90 valence electrons. The van der Waals surface area contributed by atoms with Gasteiger partial charge in [-0.25, -0.2) is 15.0 Å². The van der Waals surface area contributed by atoms with Crippen LogP contribution in [0.2, 0.25) is 0 Å². The molecular weight excluding hydrogens is 298 g/mol. The quantitative estimate of drug-likeness (QED) is 0.796. The standard InChI is InChI=1S/C12H14BrN3S/c1-12(2,3)9-6-17-11(16-9)5-8-4-10(13)15-7-14-8/h4,6-7H,5H2,1-3H3. The van der Waals surface area contributed by atoms with Crippen LogP contribution in [0, 0.1) is 0 Å². The average molecular weight is 312 g/mol. The van der Waals surface area contributed by atoms with Gasteiger partial charge in [0.15, 0.2) is 0 Å². The lowest BCUT2D eigenvalue weighted by Gasteiger charge is -2.14. The molecule has 0 radical (unpaired) electrons. The average Bonchev–Trinajstić information content (AvgIpc) is 2.65. The maximum Gasteiger partial charge on any atom is 0.116 e.